The minimum absolute atomic E-state index is 0.0577. The van der Waals surface area contributed by atoms with E-state index in [2.05, 4.69) is 12.2 Å². The van der Waals surface area contributed by atoms with Crippen molar-refractivity contribution >= 4 is 34.2 Å². The molecular formula is C29H28ClNO5. The lowest BCUT2D eigenvalue weighted by atomic mass is 10.1. The molecule has 0 saturated heterocycles. The Morgan fingerprint density at radius 3 is 2.44 bits per heavy atom. The molecule has 0 aliphatic rings. The molecule has 0 aliphatic carbocycles. The van der Waals surface area contributed by atoms with Crippen molar-refractivity contribution in [2.75, 3.05) is 19.0 Å². The second-order valence-corrected chi connectivity index (χ2v) is 8.96. The van der Waals surface area contributed by atoms with E-state index in [1.54, 1.807) is 43.5 Å². The van der Waals surface area contributed by atoms with Gasteiger partial charge in [0.2, 0.25) is 11.2 Å². The quantitative estimate of drug-likeness (QED) is 0.271. The zero-order valence-corrected chi connectivity index (χ0v) is 21.3. The highest BCUT2D eigenvalue weighted by Crippen LogP contribution is 2.33. The van der Waals surface area contributed by atoms with Crippen LogP contribution in [0.4, 0.5) is 5.69 Å². The van der Waals surface area contributed by atoms with Gasteiger partial charge in [-0.15, -0.1) is 0 Å². The molecule has 0 radical (unpaired) electrons. The van der Waals surface area contributed by atoms with E-state index in [0.29, 0.717) is 27.6 Å². The Labute approximate surface area is 214 Å². The zero-order valence-electron chi connectivity index (χ0n) is 20.5. The molecule has 1 amide bonds. The molecule has 4 rings (SSSR count). The van der Waals surface area contributed by atoms with E-state index in [4.69, 9.17) is 25.5 Å². The highest BCUT2D eigenvalue weighted by atomic mass is 35.5. The SMILES string of the molecule is CCCCc1ccc(NC(=O)COc2c(-c3ccc(OC)cc3)oc3cc(C)c(Cl)cc3c2=O)cc1. The van der Waals surface area contributed by atoms with Crippen molar-refractivity contribution in [2.24, 2.45) is 0 Å². The van der Waals surface area contributed by atoms with Gasteiger partial charge in [-0.2, -0.15) is 0 Å². The van der Waals surface area contributed by atoms with Crippen LogP contribution in [0.25, 0.3) is 22.3 Å². The molecule has 186 valence electrons. The van der Waals surface area contributed by atoms with Gasteiger partial charge in [0.1, 0.15) is 11.3 Å². The first-order valence-corrected chi connectivity index (χ1v) is 12.2. The van der Waals surface area contributed by atoms with Crippen LogP contribution in [0.5, 0.6) is 11.5 Å². The number of hydrogen-bond donors (Lipinski definition) is 1. The fourth-order valence-electron chi connectivity index (χ4n) is 3.83. The Morgan fingerprint density at radius 1 is 1.06 bits per heavy atom. The van der Waals surface area contributed by atoms with Crippen molar-refractivity contribution < 1.29 is 18.7 Å². The van der Waals surface area contributed by atoms with Crippen molar-refractivity contribution in [3.63, 3.8) is 0 Å². The molecule has 0 unspecified atom stereocenters. The first kappa shape index (κ1) is 25.3. The van der Waals surface area contributed by atoms with Gasteiger partial charge in [0.15, 0.2) is 12.4 Å². The number of carbonyl (C=O) groups is 1. The molecule has 0 fully saturated rings. The smallest absolute Gasteiger partial charge is 0.262 e. The number of rotatable bonds is 9. The second kappa shape index (κ2) is 11.3. The van der Waals surface area contributed by atoms with Crippen LogP contribution in [-0.2, 0) is 11.2 Å². The van der Waals surface area contributed by atoms with Gasteiger partial charge in [-0.1, -0.05) is 37.1 Å². The summed E-state index contributed by atoms with van der Waals surface area (Å²) in [5.74, 6) is 0.438. The van der Waals surface area contributed by atoms with E-state index in [9.17, 15) is 9.59 Å². The summed E-state index contributed by atoms with van der Waals surface area (Å²) < 4.78 is 17.1. The number of halogens is 1. The van der Waals surface area contributed by atoms with Crippen molar-refractivity contribution in [3.05, 3.63) is 87.0 Å². The minimum Gasteiger partial charge on any atom is -0.497 e. The van der Waals surface area contributed by atoms with Crippen LogP contribution in [0.2, 0.25) is 5.02 Å². The molecule has 0 spiro atoms. The highest BCUT2D eigenvalue weighted by molar-refractivity contribution is 6.32. The number of nitrogens with one attached hydrogen (secondary N) is 1. The number of hydrogen-bond acceptors (Lipinski definition) is 5. The van der Waals surface area contributed by atoms with E-state index in [1.807, 2.05) is 31.2 Å². The largest absolute Gasteiger partial charge is 0.497 e. The third-order valence-electron chi connectivity index (χ3n) is 5.89. The number of amides is 1. The maximum Gasteiger partial charge on any atom is 0.262 e. The minimum atomic E-state index is -0.406. The summed E-state index contributed by atoms with van der Waals surface area (Å²) >= 11 is 6.26. The maximum absolute atomic E-state index is 13.4. The van der Waals surface area contributed by atoms with Gasteiger partial charge in [-0.05, 0) is 79.4 Å². The lowest BCUT2D eigenvalue weighted by molar-refractivity contribution is -0.118. The molecule has 36 heavy (non-hydrogen) atoms. The summed E-state index contributed by atoms with van der Waals surface area (Å²) in [6.07, 6.45) is 3.25. The average Bonchev–Trinajstić information content (AvgIpc) is 2.89. The fraction of sp³-hybridized carbons (Fsp3) is 0.241. The summed E-state index contributed by atoms with van der Waals surface area (Å²) in [6.45, 7) is 3.62. The van der Waals surface area contributed by atoms with Crippen LogP contribution in [0, 0.1) is 6.92 Å². The summed E-state index contributed by atoms with van der Waals surface area (Å²) in [4.78, 5) is 26.0. The van der Waals surface area contributed by atoms with E-state index in [-0.39, 0.29) is 23.5 Å². The lowest BCUT2D eigenvalue weighted by Crippen LogP contribution is -2.22. The number of aryl methyl sites for hydroxylation is 2. The van der Waals surface area contributed by atoms with E-state index < -0.39 is 11.3 Å². The standard InChI is InChI=1S/C29H28ClNO5/c1-4-5-6-19-7-11-21(12-8-19)31-26(32)17-35-29-27(33)23-16-24(30)18(2)15-25(23)36-28(29)20-9-13-22(34-3)14-10-20/h7-16H,4-6,17H2,1-3H3,(H,31,32). The molecule has 1 N–H and O–H groups in total. The number of unbranched alkanes of at least 4 members (excludes halogenated alkanes) is 1. The number of fused-ring (bicyclic) bond motifs is 1. The summed E-state index contributed by atoms with van der Waals surface area (Å²) in [6, 6.07) is 18.0. The first-order valence-electron chi connectivity index (χ1n) is 11.8. The summed E-state index contributed by atoms with van der Waals surface area (Å²) in [5.41, 5.74) is 3.25. The van der Waals surface area contributed by atoms with Crippen LogP contribution >= 0.6 is 11.6 Å². The zero-order chi connectivity index (χ0) is 25.7. The predicted molar refractivity (Wildman–Crippen MR) is 143 cm³/mol. The Hall–Kier alpha value is -3.77. The molecule has 3 aromatic carbocycles. The van der Waals surface area contributed by atoms with Gasteiger partial charge in [-0.25, -0.2) is 0 Å². The highest BCUT2D eigenvalue weighted by Gasteiger charge is 2.20. The maximum atomic E-state index is 13.4. The van der Waals surface area contributed by atoms with Crippen LogP contribution < -0.4 is 20.2 Å². The molecule has 6 nitrogen and oxygen atoms in total. The molecule has 7 heteroatoms. The molecule has 1 aromatic heterocycles. The Bertz CT molecular complexity index is 1430. The van der Waals surface area contributed by atoms with Gasteiger partial charge in [0.05, 0.1) is 12.5 Å². The van der Waals surface area contributed by atoms with E-state index >= 15 is 0 Å². The first-order chi connectivity index (χ1) is 17.4. The molecule has 4 aromatic rings. The Kier molecular flexibility index (Phi) is 7.96. The van der Waals surface area contributed by atoms with Crippen LogP contribution in [0.1, 0.15) is 30.9 Å². The molecular weight excluding hydrogens is 478 g/mol. The van der Waals surface area contributed by atoms with Crippen LogP contribution in [0.15, 0.2) is 69.9 Å². The number of anilines is 1. The van der Waals surface area contributed by atoms with E-state index in [1.165, 1.54) is 5.56 Å². The Morgan fingerprint density at radius 2 is 1.78 bits per heavy atom. The predicted octanol–water partition coefficient (Wildman–Crippen LogP) is 6.79. The van der Waals surface area contributed by atoms with Crippen LogP contribution in [0.3, 0.4) is 0 Å². The third kappa shape index (κ3) is 5.71. The molecule has 0 saturated carbocycles. The molecule has 0 bridgehead atoms. The average molecular weight is 506 g/mol. The van der Waals surface area contributed by atoms with Gasteiger partial charge >= 0.3 is 0 Å². The molecule has 1 heterocycles. The van der Waals surface area contributed by atoms with Crippen molar-refractivity contribution in [2.45, 2.75) is 33.1 Å². The Balaban J connectivity index is 1.61. The van der Waals surface area contributed by atoms with Crippen LogP contribution in [-0.4, -0.2) is 19.6 Å². The topological polar surface area (TPSA) is 77.8 Å². The number of methoxy groups -OCH3 is 1. The van der Waals surface area contributed by atoms with E-state index in [0.717, 1.165) is 24.8 Å². The van der Waals surface area contributed by atoms with Crippen molar-refractivity contribution in [1.82, 2.24) is 0 Å². The number of benzene rings is 3. The second-order valence-electron chi connectivity index (χ2n) is 8.55. The van der Waals surface area contributed by atoms with Gasteiger partial charge in [0.25, 0.3) is 5.91 Å². The monoisotopic (exact) mass is 505 g/mol. The van der Waals surface area contributed by atoms with Crippen molar-refractivity contribution in [3.8, 4) is 22.8 Å². The van der Waals surface area contributed by atoms with Crippen molar-refractivity contribution in [1.29, 1.82) is 0 Å². The van der Waals surface area contributed by atoms with Gasteiger partial charge in [0, 0.05) is 16.3 Å². The summed E-state index contributed by atoms with van der Waals surface area (Å²) in [5, 5.41) is 3.53. The fourth-order valence-corrected chi connectivity index (χ4v) is 4.00. The summed E-state index contributed by atoms with van der Waals surface area (Å²) in [7, 11) is 1.57. The number of ether oxygens (including phenoxy) is 2. The number of carbonyl (C=O) groups excluding carboxylic acids is 1. The normalized spacial score (nSPS) is 10.9. The third-order valence-corrected chi connectivity index (χ3v) is 6.29. The molecule has 0 atom stereocenters. The lowest BCUT2D eigenvalue weighted by Gasteiger charge is -2.13. The van der Waals surface area contributed by atoms with Gasteiger partial charge < -0.3 is 19.2 Å². The van der Waals surface area contributed by atoms with Gasteiger partial charge in [-0.3, -0.25) is 9.59 Å². The molecule has 0 aliphatic heterocycles.